The molecule has 0 N–H and O–H groups in total. The second-order valence-electron chi connectivity index (χ2n) is 7.45. The van der Waals surface area contributed by atoms with Crippen LogP contribution in [0.3, 0.4) is 0 Å². The summed E-state index contributed by atoms with van der Waals surface area (Å²) in [5.74, 6) is -0.263. The topological polar surface area (TPSA) is 42.3 Å². The number of carbonyl (C=O) groups excluding carboxylic acids is 2. The number of aromatic nitrogens is 1. The maximum absolute atomic E-state index is 12.7. The highest BCUT2D eigenvalue weighted by Gasteiger charge is 2.34. The fourth-order valence-corrected chi connectivity index (χ4v) is 4.90. The van der Waals surface area contributed by atoms with Crippen molar-refractivity contribution < 1.29 is 9.59 Å². The molecule has 5 heteroatoms. The van der Waals surface area contributed by atoms with Gasteiger partial charge in [-0.1, -0.05) is 66.7 Å². The lowest BCUT2D eigenvalue weighted by atomic mass is 10.0. The van der Waals surface area contributed by atoms with Crippen LogP contribution in [0.15, 0.2) is 90.5 Å². The lowest BCUT2D eigenvalue weighted by Crippen LogP contribution is -2.27. The van der Waals surface area contributed by atoms with Crippen molar-refractivity contribution in [3.05, 3.63) is 102 Å². The number of thioether (sulfide) groups is 1. The van der Waals surface area contributed by atoms with Crippen molar-refractivity contribution in [1.82, 2.24) is 9.47 Å². The first-order chi connectivity index (χ1) is 15.2. The van der Waals surface area contributed by atoms with Gasteiger partial charge in [0.25, 0.3) is 11.1 Å². The minimum absolute atomic E-state index is 0.227. The number of imide groups is 1. The van der Waals surface area contributed by atoms with Crippen LogP contribution in [0.4, 0.5) is 4.79 Å². The molecular formula is C26H20N2O2S. The van der Waals surface area contributed by atoms with E-state index in [0.717, 1.165) is 28.2 Å². The smallest absolute Gasteiger partial charge is 0.293 e. The van der Waals surface area contributed by atoms with E-state index < -0.39 is 0 Å². The molecule has 5 rings (SSSR count). The Hall–Kier alpha value is -3.57. The Kier molecular flexibility index (Phi) is 4.96. The van der Waals surface area contributed by atoms with Crippen LogP contribution in [-0.4, -0.2) is 27.2 Å². The highest BCUT2D eigenvalue weighted by atomic mass is 32.2. The normalized spacial score (nSPS) is 15.5. The highest BCUT2D eigenvalue weighted by molar-refractivity contribution is 8.18. The van der Waals surface area contributed by atoms with Crippen LogP contribution in [0.2, 0.25) is 0 Å². The molecular weight excluding hydrogens is 404 g/mol. The molecule has 3 aromatic carbocycles. The molecule has 0 aliphatic carbocycles. The Morgan fingerprint density at radius 1 is 0.903 bits per heavy atom. The predicted molar refractivity (Wildman–Crippen MR) is 128 cm³/mol. The Balaban J connectivity index is 1.57. The number of amides is 2. The van der Waals surface area contributed by atoms with E-state index in [2.05, 4.69) is 71.9 Å². The summed E-state index contributed by atoms with van der Waals surface area (Å²) in [6.45, 7) is 4.57. The Bertz CT molecular complexity index is 1380. The molecule has 2 amide bonds. The summed E-state index contributed by atoms with van der Waals surface area (Å²) in [5, 5.41) is 3.25. The van der Waals surface area contributed by atoms with Crippen LogP contribution in [0.1, 0.15) is 11.1 Å². The van der Waals surface area contributed by atoms with Crippen molar-refractivity contribution in [1.29, 1.82) is 0 Å². The van der Waals surface area contributed by atoms with E-state index in [4.69, 9.17) is 0 Å². The molecule has 2 heterocycles. The predicted octanol–water partition coefficient (Wildman–Crippen LogP) is 6.07. The van der Waals surface area contributed by atoms with Gasteiger partial charge in [0, 0.05) is 35.8 Å². The standard InChI is InChI=1S/C26H20N2O2S/c1-2-14-28-25(29)24(31-26(28)30)15-20-17-27(23-13-6-5-12-22(20)23)16-19-10-7-9-18-8-3-4-11-21(18)19/h2-13,15,17H,1,14,16H2/b24-15+. The van der Waals surface area contributed by atoms with Crippen molar-refractivity contribution in [3.8, 4) is 0 Å². The molecule has 0 saturated carbocycles. The van der Waals surface area contributed by atoms with Crippen LogP contribution < -0.4 is 0 Å². The molecule has 0 atom stereocenters. The molecule has 1 aliphatic heterocycles. The van der Waals surface area contributed by atoms with Crippen LogP contribution >= 0.6 is 11.8 Å². The number of carbonyl (C=O) groups is 2. The van der Waals surface area contributed by atoms with Gasteiger partial charge in [0.2, 0.25) is 0 Å². The first-order valence-corrected chi connectivity index (χ1v) is 10.9. The van der Waals surface area contributed by atoms with E-state index in [1.165, 1.54) is 21.2 Å². The molecule has 152 valence electrons. The third kappa shape index (κ3) is 3.47. The average Bonchev–Trinajstić information content (AvgIpc) is 3.26. The third-order valence-corrected chi connectivity index (χ3v) is 6.42. The number of para-hydroxylation sites is 1. The molecule has 1 aromatic heterocycles. The molecule has 0 bridgehead atoms. The SMILES string of the molecule is C=CCN1C(=O)S/C(=C/c2cn(Cc3cccc4ccccc34)c3ccccc23)C1=O. The summed E-state index contributed by atoms with van der Waals surface area (Å²) in [6.07, 6.45) is 5.46. The molecule has 4 nitrogen and oxygen atoms in total. The summed E-state index contributed by atoms with van der Waals surface area (Å²) < 4.78 is 2.21. The molecule has 0 spiro atoms. The minimum atomic E-state index is -0.263. The molecule has 4 aromatic rings. The van der Waals surface area contributed by atoms with Gasteiger partial charge in [-0.15, -0.1) is 6.58 Å². The fraction of sp³-hybridized carbons (Fsp3) is 0.0769. The van der Waals surface area contributed by atoms with Gasteiger partial charge in [-0.2, -0.15) is 0 Å². The van der Waals surface area contributed by atoms with Crippen LogP contribution in [0.5, 0.6) is 0 Å². The summed E-state index contributed by atoms with van der Waals surface area (Å²) in [6, 6.07) is 22.9. The van der Waals surface area contributed by atoms with E-state index in [1.807, 2.05) is 18.2 Å². The van der Waals surface area contributed by atoms with E-state index in [1.54, 1.807) is 6.08 Å². The van der Waals surface area contributed by atoms with E-state index >= 15 is 0 Å². The van der Waals surface area contributed by atoms with Gasteiger partial charge in [0.15, 0.2) is 0 Å². The second-order valence-corrected chi connectivity index (χ2v) is 8.44. The van der Waals surface area contributed by atoms with Gasteiger partial charge in [-0.05, 0) is 40.2 Å². The number of hydrogen-bond donors (Lipinski definition) is 0. The number of rotatable bonds is 5. The van der Waals surface area contributed by atoms with Crippen molar-refractivity contribution in [3.63, 3.8) is 0 Å². The molecule has 31 heavy (non-hydrogen) atoms. The lowest BCUT2D eigenvalue weighted by Gasteiger charge is -2.09. The monoisotopic (exact) mass is 424 g/mol. The number of fused-ring (bicyclic) bond motifs is 2. The van der Waals surface area contributed by atoms with E-state index in [-0.39, 0.29) is 17.7 Å². The van der Waals surface area contributed by atoms with Crippen LogP contribution in [0, 0.1) is 0 Å². The molecule has 1 saturated heterocycles. The van der Waals surface area contributed by atoms with Gasteiger partial charge < -0.3 is 4.57 Å². The van der Waals surface area contributed by atoms with Gasteiger partial charge in [-0.3, -0.25) is 14.5 Å². The molecule has 0 unspecified atom stereocenters. The van der Waals surface area contributed by atoms with Gasteiger partial charge in [0.05, 0.1) is 4.91 Å². The summed E-state index contributed by atoms with van der Waals surface area (Å²) in [5.41, 5.74) is 3.25. The maximum Gasteiger partial charge on any atom is 0.293 e. The molecule has 1 aliphatic rings. The minimum Gasteiger partial charge on any atom is -0.342 e. The van der Waals surface area contributed by atoms with Crippen LogP contribution in [-0.2, 0) is 11.3 Å². The largest absolute Gasteiger partial charge is 0.342 e. The number of benzene rings is 3. The Morgan fingerprint density at radius 2 is 1.65 bits per heavy atom. The third-order valence-electron chi connectivity index (χ3n) is 5.51. The zero-order chi connectivity index (χ0) is 21.4. The fourth-order valence-electron chi connectivity index (χ4n) is 4.06. The van der Waals surface area contributed by atoms with E-state index in [0.29, 0.717) is 11.4 Å². The Morgan fingerprint density at radius 3 is 2.48 bits per heavy atom. The van der Waals surface area contributed by atoms with Crippen LogP contribution in [0.25, 0.3) is 27.8 Å². The van der Waals surface area contributed by atoms with Crippen molar-refractivity contribution in [2.45, 2.75) is 6.54 Å². The first-order valence-electron chi connectivity index (χ1n) is 10.1. The first kappa shape index (κ1) is 19.4. The summed E-state index contributed by atoms with van der Waals surface area (Å²) >= 11 is 0.982. The highest BCUT2D eigenvalue weighted by Crippen LogP contribution is 2.34. The molecule has 0 radical (unpaired) electrons. The quantitative estimate of drug-likeness (QED) is 0.289. The van der Waals surface area contributed by atoms with E-state index in [9.17, 15) is 9.59 Å². The zero-order valence-corrected chi connectivity index (χ0v) is 17.6. The van der Waals surface area contributed by atoms with Crippen molar-refractivity contribution >= 4 is 50.7 Å². The maximum atomic E-state index is 12.7. The number of nitrogens with zero attached hydrogens (tertiary/aromatic N) is 2. The molecule has 1 fully saturated rings. The van der Waals surface area contributed by atoms with Gasteiger partial charge >= 0.3 is 0 Å². The zero-order valence-electron chi connectivity index (χ0n) is 16.8. The number of hydrogen-bond acceptors (Lipinski definition) is 3. The lowest BCUT2D eigenvalue weighted by molar-refractivity contribution is -0.122. The average molecular weight is 425 g/mol. The van der Waals surface area contributed by atoms with Crippen molar-refractivity contribution in [2.75, 3.05) is 6.54 Å². The van der Waals surface area contributed by atoms with Gasteiger partial charge in [-0.25, -0.2) is 0 Å². The Labute approximate surface area is 184 Å². The second kappa shape index (κ2) is 7.93. The van der Waals surface area contributed by atoms with Crippen molar-refractivity contribution in [2.24, 2.45) is 0 Å². The van der Waals surface area contributed by atoms with Gasteiger partial charge in [0.1, 0.15) is 0 Å². The summed E-state index contributed by atoms with van der Waals surface area (Å²) in [7, 11) is 0. The summed E-state index contributed by atoms with van der Waals surface area (Å²) in [4.78, 5) is 26.5.